The lowest BCUT2D eigenvalue weighted by molar-refractivity contribution is 0.420. The molecular weight excluding hydrogens is 319 g/mol. The fraction of sp³-hybridized carbons (Fsp3) is 0.692. The fourth-order valence-corrected chi connectivity index (χ4v) is 3.19. The first-order valence-electron chi connectivity index (χ1n) is 6.76. The highest BCUT2D eigenvalue weighted by Gasteiger charge is 2.28. The minimum atomic E-state index is 0. The van der Waals surface area contributed by atoms with Gasteiger partial charge in [-0.1, -0.05) is 11.6 Å². The van der Waals surface area contributed by atoms with E-state index < -0.39 is 0 Å². The van der Waals surface area contributed by atoms with Gasteiger partial charge >= 0.3 is 0 Å². The molecule has 2 aliphatic rings. The smallest absolute Gasteiger partial charge is 0.155 e. The first kappa shape index (κ1) is 17.8. The number of anilines is 1. The Balaban J connectivity index is 0.000001000. The molecule has 1 aromatic heterocycles. The third kappa shape index (κ3) is 3.30. The number of hydrogen-bond acceptors (Lipinski definition) is 4. The first-order chi connectivity index (χ1) is 8.77. The SMILES string of the molecule is Cc1c(Cl)nnc2c1CCCN2[C@@H]1CCCNC1.Cl.Cl. The maximum absolute atomic E-state index is 6.07. The Morgan fingerprint density at radius 1 is 1.25 bits per heavy atom. The summed E-state index contributed by atoms with van der Waals surface area (Å²) >= 11 is 6.07. The zero-order valence-corrected chi connectivity index (χ0v) is 14.0. The molecule has 1 saturated heterocycles. The van der Waals surface area contributed by atoms with Crippen LogP contribution in [0.3, 0.4) is 0 Å². The highest BCUT2D eigenvalue weighted by Crippen LogP contribution is 2.32. The van der Waals surface area contributed by atoms with Gasteiger partial charge in [-0.3, -0.25) is 0 Å². The second kappa shape index (κ2) is 7.64. The summed E-state index contributed by atoms with van der Waals surface area (Å²) < 4.78 is 0. The van der Waals surface area contributed by atoms with Crippen molar-refractivity contribution in [2.24, 2.45) is 0 Å². The van der Waals surface area contributed by atoms with E-state index in [9.17, 15) is 0 Å². The van der Waals surface area contributed by atoms with Gasteiger partial charge in [0.2, 0.25) is 0 Å². The lowest BCUT2D eigenvalue weighted by atomic mass is 9.98. The molecule has 114 valence electrons. The lowest BCUT2D eigenvalue weighted by Crippen LogP contribution is -2.48. The summed E-state index contributed by atoms with van der Waals surface area (Å²) in [7, 11) is 0. The Bertz CT molecular complexity index is 449. The molecule has 0 amide bonds. The number of aromatic nitrogens is 2. The van der Waals surface area contributed by atoms with E-state index in [2.05, 4.69) is 27.3 Å². The monoisotopic (exact) mass is 338 g/mol. The van der Waals surface area contributed by atoms with Crippen molar-refractivity contribution >= 4 is 42.2 Å². The molecular formula is C13H21Cl3N4. The van der Waals surface area contributed by atoms with Gasteiger partial charge in [0.1, 0.15) is 0 Å². The van der Waals surface area contributed by atoms with E-state index in [-0.39, 0.29) is 24.8 Å². The Labute approximate surface area is 137 Å². The number of halogens is 3. The van der Waals surface area contributed by atoms with Crippen LogP contribution in [0.15, 0.2) is 0 Å². The van der Waals surface area contributed by atoms with Crippen molar-refractivity contribution in [3.8, 4) is 0 Å². The average molecular weight is 340 g/mol. The van der Waals surface area contributed by atoms with Crippen LogP contribution in [0.5, 0.6) is 0 Å². The van der Waals surface area contributed by atoms with E-state index in [0.29, 0.717) is 11.2 Å². The summed E-state index contributed by atoms with van der Waals surface area (Å²) in [6.07, 6.45) is 4.76. The summed E-state index contributed by atoms with van der Waals surface area (Å²) in [4.78, 5) is 2.43. The quantitative estimate of drug-likeness (QED) is 0.854. The van der Waals surface area contributed by atoms with Crippen molar-refractivity contribution in [2.45, 2.75) is 38.6 Å². The van der Waals surface area contributed by atoms with Crippen molar-refractivity contribution < 1.29 is 0 Å². The minimum absolute atomic E-state index is 0. The van der Waals surface area contributed by atoms with Gasteiger partial charge in [-0.25, -0.2) is 0 Å². The normalized spacial score (nSPS) is 21.5. The summed E-state index contributed by atoms with van der Waals surface area (Å²) in [6, 6.07) is 0.563. The maximum atomic E-state index is 6.07. The topological polar surface area (TPSA) is 41.1 Å². The summed E-state index contributed by atoms with van der Waals surface area (Å²) in [5.41, 5.74) is 2.40. The van der Waals surface area contributed by atoms with Crippen molar-refractivity contribution in [3.63, 3.8) is 0 Å². The van der Waals surface area contributed by atoms with Gasteiger partial charge in [-0.15, -0.1) is 35.0 Å². The third-order valence-corrected chi connectivity index (χ3v) is 4.43. The molecule has 1 atom stereocenters. The highest BCUT2D eigenvalue weighted by molar-refractivity contribution is 6.30. The number of piperidine rings is 1. The van der Waals surface area contributed by atoms with Crippen molar-refractivity contribution in [1.29, 1.82) is 0 Å². The molecule has 20 heavy (non-hydrogen) atoms. The number of nitrogens with one attached hydrogen (secondary N) is 1. The van der Waals surface area contributed by atoms with Crippen LogP contribution in [0.1, 0.15) is 30.4 Å². The van der Waals surface area contributed by atoms with E-state index in [1.807, 2.05) is 0 Å². The fourth-order valence-electron chi connectivity index (χ4n) is 3.04. The molecule has 2 aliphatic heterocycles. The van der Waals surface area contributed by atoms with Crippen LogP contribution in [0, 0.1) is 6.92 Å². The maximum Gasteiger partial charge on any atom is 0.155 e. The van der Waals surface area contributed by atoms with E-state index in [4.69, 9.17) is 11.6 Å². The zero-order chi connectivity index (χ0) is 12.5. The molecule has 1 N–H and O–H groups in total. The molecule has 7 heteroatoms. The number of rotatable bonds is 1. The summed E-state index contributed by atoms with van der Waals surface area (Å²) in [5, 5.41) is 12.5. The van der Waals surface area contributed by atoms with Gasteiger partial charge in [-0.2, -0.15) is 0 Å². The largest absolute Gasteiger partial charge is 0.351 e. The van der Waals surface area contributed by atoms with Crippen LogP contribution >= 0.6 is 36.4 Å². The van der Waals surface area contributed by atoms with Crippen molar-refractivity contribution in [1.82, 2.24) is 15.5 Å². The van der Waals surface area contributed by atoms with Crippen molar-refractivity contribution in [2.75, 3.05) is 24.5 Å². The Kier molecular flexibility index (Phi) is 6.79. The van der Waals surface area contributed by atoms with E-state index in [0.717, 1.165) is 37.4 Å². The molecule has 4 nitrogen and oxygen atoms in total. The number of nitrogens with zero attached hydrogens (tertiary/aromatic N) is 3. The van der Waals surface area contributed by atoms with Crippen LogP contribution in [-0.4, -0.2) is 35.9 Å². The van der Waals surface area contributed by atoms with Gasteiger partial charge in [0.05, 0.1) is 0 Å². The van der Waals surface area contributed by atoms with E-state index in [1.54, 1.807) is 0 Å². The van der Waals surface area contributed by atoms with Gasteiger partial charge in [-0.05, 0) is 44.7 Å². The molecule has 3 heterocycles. The zero-order valence-electron chi connectivity index (χ0n) is 11.6. The molecule has 1 aromatic rings. The Hall–Kier alpha value is -0.290. The molecule has 0 aliphatic carbocycles. The molecule has 3 rings (SSSR count). The van der Waals surface area contributed by atoms with Crippen LogP contribution in [0.2, 0.25) is 5.15 Å². The van der Waals surface area contributed by atoms with E-state index >= 15 is 0 Å². The van der Waals surface area contributed by atoms with E-state index in [1.165, 1.54) is 24.8 Å². The molecule has 0 spiro atoms. The third-order valence-electron chi connectivity index (χ3n) is 4.07. The number of hydrogen-bond donors (Lipinski definition) is 1. The van der Waals surface area contributed by atoms with Crippen LogP contribution in [0.4, 0.5) is 5.82 Å². The minimum Gasteiger partial charge on any atom is -0.351 e. The predicted octanol–water partition coefficient (Wildman–Crippen LogP) is 2.79. The van der Waals surface area contributed by atoms with Crippen molar-refractivity contribution in [3.05, 3.63) is 16.3 Å². The molecule has 0 aromatic carbocycles. The average Bonchev–Trinajstić information content (AvgIpc) is 2.43. The first-order valence-corrected chi connectivity index (χ1v) is 7.14. The second-order valence-corrected chi connectivity index (χ2v) is 5.57. The molecule has 0 unspecified atom stereocenters. The standard InChI is InChI=1S/C13H19ClN4.2ClH/c1-9-11-5-3-7-18(10-4-2-6-15-8-10)13(11)17-16-12(9)14;;/h10,15H,2-8H2,1H3;2*1H/t10-;;/m1../s1. The highest BCUT2D eigenvalue weighted by atomic mass is 35.5. The predicted molar refractivity (Wildman–Crippen MR) is 87.8 cm³/mol. The van der Waals surface area contributed by atoms with Gasteiger partial charge in [0.25, 0.3) is 0 Å². The molecule has 0 radical (unpaired) electrons. The second-order valence-electron chi connectivity index (χ2n) is 5.22. The van der Waals surface area contributed by atoms with Gasteiger partial charge in [0, 0.05) is 24.7 Å². The molecule has 1 fully saturated rings. The molecule has 0 saturated carbocycles. The summed E-state index contributed by atoms with van der Waals surface area (Å²) in [6.45, 7) is 5.35. The van der Waals surface area contributed by atoms with Gasteiger partial charge in [0.15, 0.2) is 11.0 Å². The Morgan fingerprint density at radius 2 is 2.05 bits per heavy atom. The number of fused-ring (bicyclic) bond motifs is 1. The lowest BCUT2D eigenvalue weighted by Gasteiger charge is -2.39. The van der Waals surface area contributed by atoms with Gasteiger partial charge < -0.3 is 10.2 Å². The summed E-state index contributed by atoms with van der Waals surface area (Å²) in [5.74, 6) is 1.07. The van der Waals surface area contributed by atoms with Crippen LogP contribution < -0.4 is 10.2 Å². The molecule has 0 bridgehead atoms. The van der Waals surface area contributed by atoms with Crippen LogP contribution in [-0.2, 0) is 6.42 Å². The Morgan fingerprint density at radius 3 is 2.75 bits per heavy atom. The van der Waals surface area contributed by atoms with Crippen LogP contribution in [0.25, 0.3) is 0 Å².